The number of hydrogen-bond donors (Lipinski definition) is 0. The van der Waals surface area contributed by atoms with E-state index < -0.39 is 0 Å². The second-order valence-electron chi connectivity index (χ2n) is 7.74. The van der Waals surface area contributed by atoms with Crippen LogP contribution in [0.1, 0.15) is 30.9 Å². The summed E-state index contributed by atoms with van der Waals surface area (Å²) in [6, 6.07) is 5.90. The van der Waals surface area contributed by atoms with E-state index in [0.717, 1.165) is 70.8 Å². The van der Waals surface area contributed by atoms with Crippen LogP contribution in [-0.2, 0) is 0 Å². The molecular weight excluding hydrogens is 413 g/mol. The minimum Gasteiger partial charge on any atom is -0.356 e. The Balaban J connectivity index is 1.96. The first kappa shape index (κ1) is 19.8. The van der Waals surface area contributed by atoms with Crippen molar-refractivity contribution in [1.82, 2.24) is 9.97 Å². The quantitative estimate of drug-likeness (QED) is 0.402. The van der Waals surface area contributed by atoms with E-state index in [0.29, 0.717) is 15.2 Å². The van der Waals surface area contributed by atoms with Gasteiger partial charge in [-0.05, 0) is 55.9 Å². The van der Waals surface area contributed by atoms with Gasteiger partial charge in [-0.25, -0.2) is 9.97 Å². The summed E-state index contributed by atoms with van der Waals surface area (Å²) in [4.78, 5) is 11.6. The van der Waals surface area contributed by atoms with Gasteiger partial charge in [-0.2, -0.15) is 0 Å². The second kappa shape index (κ2) is 7.70. The number of fused-ring (bicyclic) bond motifs is 1. The molecule has 28 heavy (non-hydrogen) atoms. The van der Waals surface area contributed by atoms with Gasteiger partial charge in [0.1, 0.15) is 11.0 Å². The summed E-state index contributed by atoms with van der Waals surface area (Å²) in [7, 11) is 0. The Labute approximate surface area is 180 Å². The zero-order valence-corrected chi connectivity index (χ0v) is 18.5. The molecule has 3 nitrogen and oxygen atoms in total. The standard InChI is InChI=1S/C22H22Cl3N3/c1-12-4-6-28(7-5-12)22-16-10-18(23)26-11-15(16)9-17(27-22)19-20(24)13(2)8-14(3)21(19)25/h8-12H,4-7H2,1-3H3. The maximum absolute atomic E-state index is 6.66. The van der Waals surface area contributed by atoms with Crippen molar-refractivity contribution in [1.29, 1.82) is 0 Å². The number of aromatic nitrogens is 2. The van der Waals surface area contributed by atoms with Gasteiger partial charge in [0.05, 0.1) is 15.7 Å². The highest BCUT2D eigenvalue weighted by Gasteiger charge is 2.22. The van der Waals surface area contributed by atoms with Crippen LogP contribution in [0, 0.1) is 19.8 Å². The van der Waals surface area contributed by atoms with E-state index in [2.05, 4.69) is 16.8 Å². The minimum atomic E-state index is 0.469. The zero-order valence-electron chi connectivity index (χ0n) is 16.2. The minimum absolute atomic E-state index is 0.469. The molecule has 0 aliphatic carbocycles. The van der Waals surface area contributed by atoms with E-state index >= 15 is 0 Å². The SMILES string of the molecule is Cc1cc(C)c(Cl)c(-c2cc3cnc(Cl)cc3c(N3CCC(C)CC3)n2)c1Cl. The van der Waals surface area contributed by atoms with Crippen LogP contribution in [0.15, 0.2) is 24.4 Å². The molecule has 0 N–H and O–H groups in total. The average molecular weight is 435 g/mol. The lowest BCUT2D eigenvalue weighted by atomic mass is 9.98. The summed E-state index contributed by atoms with van der Waals surface area (Å²) >= 11 is 19.5. The van der Waals surface area contributed by atoms with Crippen LogP contribution in [0.2, 0.25) is 15.2 Å². The van der Waals surface area contributed by atoms with Crippen molar-refractivity contribution in [2.45, 2.75) is 33.6 Å². The lowest BCUT2D eigenvalue weighted by Gasteiger charge is -2.32. The van der Waals surface area contributed by atoms with Crippen LogP contribution >= 0.6 is 34.8 Å². The van der Waals surface area contributed by atoms with Crippen LogP contribution < -0.4 is 4.90 Å². The van der Waals surface area contributed by atoms with Gasteiger partial charge in [0.15, 0.2) is 0 Å². The van der Waals surface area contributed by atoms with Crippen molar-refractivity contribution in [3.05, 3.63) is 50.7 Å². The number of pyridine rings is 2. The van der Waals surface area contributed by atoms with E-state index in [1.807, 2.05) is 32.0 Å². The third-order valence-corrected chi connectivity index (χ3v) is 6.75. The summed E-state index contributed by atoms with van der Waals surface area (Å²) in [5.41, 5.74) is 3.53. The molecule has 1 aromatic carbocycles. The fourth-order valence-corrected chi connectivity index (χ4v) is 4.56. The Morgan fingerprint density at radius 2 is 1.61 bits per heavy atom. The highest BCUT2D eigenvalue weighted by atomic mass is 35.5. The zero-order chi connectivity index (χ0) is 20.0. The topological polar surface area (TPSA) is 29.0 Å². The molecule has 146 valence electrons. The Bertz CT molecular complexity index is 1030. The molecule has 0 saturated carbocycles. The fourth-order valence-electron chi connectivity index (χ4n) is 3.86. The second-order valence-corrected chi connectivity index (χ2v) is 8.89. The predicted octanol–water partition coefficient (Wildman–Crippen LogP) is 7.11. The number of rotatable bonds is 2. The van der Waals surface area contributed by atoms with Gasteiger partial charge in [0.2, 0.25) is 0 Å². The highest BCUT2D eigenvalue weighted by Crippen LogP contribution is 2.41. The van der Waals surface area contributed by atoms with Crippen LogP contribution in [0.25, 0.3) is 22.0 Å². The maximum Gasteiger partial charge on any atom is 0.137 e. The summed E-state index contributed by atoms with van der Waals surface area (Å²) in [6.45, 7) is 8.23. The van der Waals surface area contributed by atoms with Gasteiger partial charge < -0.3 is 4.90 Å². The molecule has 1 aliphatic heterocycles. The fraction of sp³-hybridized carbons (Fsp3) is 0.364. The maximum atomic E-state index is 6.66. The van der Waals surface area contributed by atoms with Crippen LogP contribution in [0.4, 0.5) is 5.82 Å². The Kier molecular flexibility index (Phi) is 5.43. The van der Waals surface area contributed by atoms with Crippen molar-refractivity contribution >= 4 is 51.4 Å². The number of hydrogen-bond acceptors (Lipinski definition) is 3. The summed E-state index contributed by atoms with van der Waals surface area (Å²) < 4.78 is 0. The largest absolute Gasteiger partial charge is 0.356 e. The van der Waals surface area contributed by atoms with Gasteiger partial charge in [0, 0.05) is 35.6 Å². The van der Waals surface area contributed by atoms with Gasteiger partial charge >= 0.3 is 0 Å². The lowest BCUT2D eigenvalue weighted by molar-refractivity contribution is 0.437. The molecule has 3 heterocycles. The smallest absolute Gasteiger partial charge is 0.137 e. The molecule has 4 rings (SSSR count). The number of halogens is 3. The third kappa shape index (κ3) is 3.56. The van der Waals surface area contributed by atoms with E-state index in [-0.39, 0.29) is 0 Å². The van der Waals surface area contributed by atoms with Crippen molar-refractivity contribution in [3.63, 3.8) is 0 Å². The monoisotopic (exact) mass is 433 g/mol. The van der Waals surface area contributed by atoms with Crippen molar-refractivity contribution < 1.29 is 0 Å². The predicted molar refractivity (Wildman–Crippen MR) is 120 cm³/mol. The first-order valence-electron chi connectivity index (χ1n) is 9.52. The molecule has 0 atom stereocenters. The number of benzene rings is 1. The van der Waals surface area contributed by atoms with Crippen molar-refractivity contribution in [2.24, 2.45) is 5.92 Å². The van der Waals surface area contributed by atoms with Crippen LogP contribution in [0.5, 0.6) is 0 Å². The van der Waals surface area contributed by atoms with Gasteiger partial charge in [-0.15, -0.1) is 0 Å². The number of nitrogens with zero attached hydrogens (tertiary/aromatic N) is 3. The molecule has 0 radical (unpaired) electrons. The van der Waals surface area contributed by atoms with Crippen molar-refractivity contribution in [2.75, 3.05) is 18.0 Å². The molecule has 3 aromatic rings. The molecule has 0 bridgehead atoms. The van der Waals surface area contributed by atoms with E-state index in [1.165, 1.54) is 0 Å². The highest BCUT2D eigenvalue weighted by molar-refractivity contribution is 6.40. The molecule has 0 amide bonds. The first-order valence-corrected chi connectivity index (χ1v) is 10.7. The summed E-state index contributed by atoms with van der Waals surface area (Å²) in [5.74, 6) is 1.66. The summed E-state index contributed by atoms with van der Waals surface area (Å²) in [5, 5.41) is 3.74. The molecule has 1 aliphatic rings. The third-order valence-electron chi connectivity index (χ3n) is 5.56. The molecule has 0 spiro atoms. The summed E-state index contributed by atoms with van der Waals surface area (Å²) in [6.07, 6.45) is 4.10. The van der Waals surface area contributed by atoms with Crippen molar-refractivity contribution in [3.8, 4) is 11.3 Å². The van der Waals surface area contributed by atoms with Crippen LogP contribution in [0.3, 0.4) is 0 Å². The molecular formula is C22H22Cl3N3. The lowest BCUT2D eigenvalue weighted by Crippen LogP contribution is -2.33. The van der Waals surface area contributed by atoms with Crippen LogP contribution in [-0.4, -0.2) is 23.1 Å². The number of piperidine rings is 1. The van der Waals surface area contributed by atoms with Gasteiger partial charge in [-0.1, -0.05) is 47.8 Å². The number of aryl methyl sites for hydroxylation is 2. The van der Waals surface area contributed by atoms with E-state index in [1.54, 1.807) is 6.20 Å². The molecule has 1 saturated heterocycles. The number of anilines is 1. The normalized spacial score (nSPS) is 15.4. The Morgan fingerprint density at radius 1 is 0.964 bits per heavy atom. The Morgan fingerprint density at radius 3 is 2.25 bits per heavy atom. The van der Waals surface area contributed by atoms with E-state index in [4.69, 9.17) is 39.8 Å². The van der Waals surface area contributed by atoms with Gasteiger partial charge in [0.25, 0.3) is 0 Å². The Hall–Kier alpha value is -1.55. The van der Waals surface area contributed by atoms with Gasteiger partial charge in [-0.3, -0.25) is 0 Å². The molecule has 1 fully saturated rings. The molecule has 2 aromatic heterocycles. The average Bonchev–Trinajstić information content (AvgIpc) is 2.67. The molecule has 0 unspecified atom stereocenters. The first-order chi connectivity index (χ1) is 13.3. The molecule has 6 heteroatoms. The van der Waals surface area contributed by atoms with E-state index in [9.17, 15) is 0 Å².